The molecule has 0 spiro atoms. The van der Waals surface area contributed by atoms with Crippen LogP contribution in [0, 0.1) is 27.7 Å². The summed E-state index contributed by atoms with van der Waals surface area (Å²) in [7, 11) is 0. The molecule has 146 valence electrons. The summed E-state index contributed by atoms with van der Waals surface area (Å²) in [5.74, 6) is -0.243. The van der Waals surface area contributed by atoms with Crippen LogP contribution in [0.2, 0.25) is 5.02 Å². The number of nitrogens with one attached hydrogen (secondary N) is 1. The number of fused-ring (bicyclic) bond motifs is 1. The van der Waals surface area contributed by atoms with E-state index in [4.69, 9.17) is 16.6 Å². The third-order valence-electron chi connectivity index (χ3n) is 4.98. The Balaban J connectivity index is 1.87. The molecule has 1 N–H and O–H groups in total. The number of imidazole rings is 1. The second-order valence-electron chi connectivity index (χ2n) is 7.50. The zero-order valence-electron chi connectivity index (χ0n) is 16.9. The van der Waals surface area contributed by atoms with E-state index in [0.29, 0.717) is 22.1 Å². The van der Waals surface area contributed by atoms with Gasteiger partial charge in [0.25, 0.3) is 5.91 Å². The fraction of sp³-hybridized carbons (Fsp3) is 0.167. The van der Waals surface area contributed by atoms with Crippen LogP contribution in [0.3, 0.4) is 0 Å². The monoisotopic (exact) mass is 403 g/mol. The summed E-state index contributed by atoms with van der Waals surface area (Å²) in [6.45, 7) is 7.95. The SMILES string of the molecule is Cc1ccc(-c2nc3ccc(C)cn3c2C(=O)Nc2c(C)cc(C)cc2Cl)cc1. The molecule has 0 saturated heterocycles. The third kappa shape index (κ3) is 3.64. The van der Waals surface area contributed by atoms with Gasteiger partial charge in [-0.25, -0.2) is 4.98 Å². The van der Waals surface area contributed by atoms with Crippen LogP contribution in [0.1, 0.15) is 32.7 Å². The Hall–Kier alpha value is -3.11. The highest BCUT2D eigenvalue weighted by Crippen LogP contribution is 2.30. The molecule has 0 fully saturated rings. The van der Waals surface area contributed by atoms with Crippen LogP contribution < -0.4 is 5.32 Å². The van der Waals surface area contributed by atoms with Gasteiger partial charge < -0.3 is 5.32 Å². The van der Waals surface area contributed by atoms with Crippen LogP contribution in [0.15, 0.2) is 54.7 Å². The summed E-state index contributed by atoms with van der Waals surface area (Å²) in [6, 6.07) is 15.8. The van der Waals surface area contributed by atoms with Crippen LogP contribution in [0.25, 0.3) is 16.9 Å². The number of pyridine rings is 1. The molecule has 4 nitrogen and oxygen atoms in total. The van der Waals surface area contributed by atoms with Crippen molar-refractivity contribution in [2.24, 2.45) is 0 Å². The summed E-state index contributed by atoms with van der Waals surface area (Å²) >= 11 is 6.42. The van der Waals surface area contributed by atoms with Crippen molar-refractivity contribution in [3.05, 3.63) is 87.7 Å². The maximum Gasteiger partial charge on any atom is 0.275 e. The zero-order chi connectivity index (χ0) is 20.7. The van der Waals surface area contributed by atoms with Crippen molar-refractivity contribution < 1.29 is 4.79 Å². The minimum absolute atomic E-state index is 0.243. The summed E-state index contributed by atoms with van der Waals surface area (Å²) in [6.07, 6.45) is 1.93. The Bertz CT molecular complexity index is 1220. The van der Waals surface area contributed by atoms with Crippen LogP contribution in [-0.2, 0) is 0 Å². The number of carbonyl (C=O) groups excluding carboxylic acids is 1. The number of hydrogen-bond acceptors (Lipinski definition) is 2. The molecule has 0 saturated carbocycles. The Labute approximate surface area is 175 Å². The van der Waals surface area contributed by atoms with Crippen molar-refractivity contribution in [3.63, 3.8) is 0 Å². The van der Waals surface area contributed by atoms with Gasteiger partial charge in [0.05, 0.1) is 10.7 Å². The lowest BCUT2D eigenvalue weighted by Gasteiger charge is -2.12. The lowest BCUT2D eigenvalue weighted by Crippen LogP contribution is -2.16. The zero-order valence-corrected chi connectivity index (χ0v) is 17.6. The molecule has 4 rings (SSSR count). The van der Waals surface area contributed by atoms with Crippen molar-refractivity contribution in [2.75, 3.05) is 5.32 Å². The first-order valence-electron chi connectivity index (χ1n) is 9.47. The highest BCUT2D eigenvalue weighted by atomic mass is 35.5. The molecule has 2 heterocycles. The molecular weight excluding hydrogens is 382 g/mol. The molecule has 2 aromatic heterocycles. The van der Waals surface area contributed by atoms with E-state index < -0.39 is 0 Å². The van der Waals surface area contributed by atoms with Crippen LogP contribution in [-0.4, -0.2) is 15.3 Å². The Morgan fingerprint density at radius 2 is 1.62 bits per heavy atom. The maximum absolute atomic E-state index is 13.4. The lowest BCUT2D eigenvalue weighted by molar-refractivity contribution is 0.102. The molecule has 0 unspecified atom stereocenters. The average molecular weight is 404 g/mol. The Kier molecular flexibility index (Phi) is 4.89. The molecule has 0 aliphatic heterocycles. The Morgan fingerprint density at radius 1 is 0.931 bits per heavy atom. The fourth-order valence-electron chi connectivity index (χ4n) is 3.53. The predicted molar refractivity (Wildman–Crippen MR) is 119 cm³/mol. The molecular formula is C24H22ClN3O. The summed E-state index contributed by atoms with van der Waals surface area (Å²) in [4.78, 5) is 18.2. The second-order valence-corrected chi connectivity index (χ2v) is 7.91. The minimum atomic E-state index is -0.243. The molecule has 0 bridgehead atoms. The van der Waals surface area contributed by atoms with E-state index in [1.54, 1.807) is 0 Å². The fourth-order valence-corrected chi connectivity index (χ4v) is 3.90. The van der Waals surface area contributed by atoms with Crippen LogP contribution >= 0.6 is 11.6 Å². The number of aryl methyl sites for hydroxylation is 4. The normalized spacial score (nSPS) is 11.1. The van der Waals surface area contributed by atoms with E-state index in [0.717, 1.165) is 33.5 Å². The van der Waals surface area contributed by atoms with E-state index in [9.17, 15) is 4.79 Å². The van der Waals surface area contributed by atoms with Crippen molar-refractivity contribution in [1.82, 2.24) is 9.38 Å². The maximum atomic E-state index is 13.4. The summed E-state index contributed by atoms with van der Waals surface area (Å²) in [5.41, 5.74) is 7.56. The van der Waals surface area contributed by atoms with Crippen molar-refractivity contribution in [2.45, 2.75) is 27.7 Å². The number of rotatable bonds is 3. The molecule has 0 aliphatic carbocycles. The number of hydrogen-bond donors (Lipinski definition) is 1. The first kappa shape index (κ1) is 19.2. The van der Waals surface area contributed by atoms with Gasteiger partial charge >= 0.3 is 0 Å². The van der Waals surface area contributed by atoms with Gasteiger partial charge in [-0.1, -0.05) is 53.6 Å². The number of carbonyl (C=O) groups is 1. The van der Waals surface area contributed by atoms with Gasteiger partial charge in [0.15, 0.2) is 0 Å². The summed E-state index contributed by atoms with van der Waals surface area (Å²) < 4.78 is 1.84. The number of benzene rings is 2. The van der Waals surface area contributed by atoms with Gasteiger partial charge in [-0.05, 0) is 56.5 Å². The average Bonchev–Trinajstić information content (AvgIpc) is 3.03. The first-order chi connectivity index (χ1) is 13.8. The topological polar surface area (TPSA) is 46.4 Å². The van der Waals surface area contributed by atoms with Gasteiger partial charge in [-0.15, -0.1) is 0 Å². The minimum Gasteiger partial charge on any atom is -0.319 e. The van der Waals surface area contributed by atoms with Gasteiger partial charge in [-0.2, -0.15) is 0 Å². The van der Waals surface area contributed by atoms with Crippen molar-refractivity contribution in [1.29, 1.82) is 0 Å². The number of aromatic nitrogens is 2. The lowest BCUT2D eigenvalue weighted by atomic mass is 10.1. The van der Waals surface area contributed by atoms with Crippen molar-refractivity contribution in [3.8, 4) is 11.3 Å². The molecule has 4 aromatic rings. The standard InChI is InChI=1S/C24H22ClN3O/c1-14-5-8-18(9-6-14)22-23(28-13-15(2)7-10-20(28)26-22)24(29)27-21-17(4)11-16(3)12-19(21)25/h5-13H,1-4H3,(H,27,29). The molecule has 0 radical (unpaired) electrons. The second kappa shape index (κ2) is 7.37. The summed E-state index contributed by atoms with van der Waals surface area (Å²) in [5, 5.41) is 3.54. The Morgan fingerprint density at radius 3 is 2.31 bits per heavy atom. The first-order valence-corrected chi connectivity index (χ1v) is 9.85. The number of nitrogens with zero attached hydrogens (tertiary/aromatic N) is 2. The third-order valence-corrected chi connectivity index (χ3v) is 5.27. The van der Waals surface area contributed by atoms with Gasteiger partial charge in [0.1, 0.15) is 17.0 Å². The number of anilines is 1. The molecule has 0 atom stereocenters. The molecule has 29 heavy (non-hydrogen) atoms. The molecule has 1 amide bonds. The van der Waals surface area contributed by atoms with Gasteiger partial charge in [-0.3, -0.25) is 9.20 Å². The number of halogens is 1. The van der Waals surface area contributed by atoms with E-state index in [1.165, 1.54) is 0 Å². The van der Waals surface area contributed by atoms with E-state index in [-0.39, 0.29) is 5.91 Å². The predicted octanol–water partition coefficient (Wildman–Crippen LogP) is 6.14. The molecule has 0 aliphatic rings. The van der Waals surface area contributed by atoms with Crippen LogP contribution in [0.5, 0.6) is 0 Å². The van der Waals surface area contributed by atoms with E-state index >= 15 is 0 Å². The van der Waals surface area contributed by atoms with Crippen molar-refractivity contribution >= 4 is 28.8 Å². The largest absolute Gasteiger partial charge is 0.319 e. The highest BCUT2D eigenvalue weighted by Gasteiger charge is 2.22. The van der Waals surface area contributed by atoms with E-state index in [2.05, 4.69) is 5.32 Å². The quantitative estimate of drug-likeness (QED) is 0.446. The van der Waals surface area contributed by atoms with E-state index in [1.807, 2.05) is 86.8 Å². The van der Waals surface area contributed by atoms with Crippen LogP contribution in [0.4, 0.5) is 5.69 Å². The van der Waals surface area contributed by atoms with Gasteiger partial charge in [0.2, 0.25) is 0 Å². The smallest absolute Gasteiger partial charge is 0.275 e. The highest BCUT2D eigenvalue weighted by molar-refractivity contribution is 6.34. The molecule has 2 aromatic carbocycles. The van der Waals surface area contributed by atoms with Gasteiger partial charge in [0, 0.05) is 11.8 Å². The number of amides is 1. The molecule has 5 heteroatoms.